The summed E-state index contributed by atoms with van der Waals surface area (Å²) in [4.78, 5) is 17.0. The van der Waals surface area contributed by atoms with Crippen molar-refractivity contribution in [3.63, 3.8) is 0 Å². The lowest BCUT2D eigenvalue weighted by atomic mass is 8.92. The molecule has 6 saturated carbocycles. The Morgan fingerprint density at radius 3 is 2.46 bits per heavy atom. The van der Waals surface area contributed by atoms with Crippen LogP contribution in [0.2, 0.25) is 0 Å². The number of carbonyl (C=O) groups is 1. The second-order valence-electron chi connectivity index (χ2n) is 9.54. The lowest BCUT2D eigenvalue weighted by Crippen LogP contribution is -3.12. The van der Waals surface area contributed by atoms with Crippen molar-refractivity contribution in [3.8, 4) is 11.4 Å². The maximum atomic E-state index is 12.3. The maximum Gasteiger partial charge on any atom is 0.312 e. The molecule has 0 bridgehead atoms. The number of nitrogens with one attached hydrogen (secondary N) is 1. The quantitative estimate of drug-likeness (QED) is 0.608. The summed E-state index contributed by atoms with van der Waals surface area (Å²) in [6.07, 6.45) is 0. The first-order chi connectivity index (χ1) is 13.5. The number of nitrogens with two attached hydrogens (primary N) is 1. The minimum absolute atomic E-state index is 0.0151. The smallest absolute Gasteiger partial charge is 0.312 e. The van der Waals surface area contributed by atoms with Gasteiger partial charge in [0, 0.05) is 11.6 Å². The van der Waals surface area contributed by atoms with Crippen LogP contribution in [0.4, 0.5) is 11.4 Å². The van der Waals surface area contributed by atoms with Crippen molar-refractivity contribution in [1.82, 2.24) is 10.1 Å². The number of aromatic nitrogens is 2. The van der Waals surface area contributed by atoms with Crippen molar-refractivity contribution in [1.29, 1.82) is 0 Å². The summed E-state index contributed by atoms with van der Waals surface area (Å²) in [5, 5.41) is 7.58. The van der Waals surface area contributed by atoms with Gasteiger partial charge in [0.05, 0.1) is 29.3 Å². The predicted octanol–water partition coefficient (Wildman–Crippen LogP) is 2.30. The van der Waals surface area contributed by atoms with Gasteiger partial charge in [0.15, 0.2) is 0 Å². The molecule has 8 rings (SSSR count). The monoisotopic (exact) mass is 378 g/mol. The first kappa shape index (κ1) is 15.4. The molecule has 28 heavy (non-hydrogen) atoms. The topological polar surface area (TPSA) is 103 Å². The third-order valence-corrected chi connectivity index (χ3v) is 8.72. The summed E-state index contributed by atoms with van der Waals surface area (Å²) in [5.41, 5.74) is 8.57. The summed E-state index contributed by atoms with van der Waals surface area (Å²) in [6.45, 7) is 4.15. The Morgan fingerprint density at radius 2 is 1.89 bits per heavy atom. The highest BCUT2D eigenvalue weighted by molar-refractivity contribution is 5.89. The fourth-order valence-electron chi connectivity index (χ4n) is 8.20. The van der Waals surface area contributed by atoms with Crippen LogP contribution in [-0.4, -0.2) is 29.3 Å². The van der Waals surface area contributed by atoms with Gasteiger partial charge in [0.1, 0.15) is 0 Å². The molecule has 0 spiro atoms. The van der Waals surface area contributed by atoms with Crippen LogP contribution >= 0.6 is 0 Å². The molecule has 1 heterocycles. The van der Waals surface area contributed by atoms with E-state index in [1.165, 1.54) is 7.11 Å². The van der Waals surface area contributed by atoms with Gasteiger partial charge in [0.25, 0.3) is 0 Å². The molecule has 2 aromatic rings. The van der Waals surface area contributed by atoms with Gasteiger partial charge in [-0.1, -0.05) is 5.16 Å². The van der Waals surface area contributed by atoms with Crippen molar-refractivity contribution in [3.05, 3.63) is 24.1 Å². The van der Waals surface area contributed by atoms with Crippen LogP contribution in [-0.2, 0) is 14.9 Å². The van der Waals surface area contributed by atoms with Gasteiger partial charge >= 0.3 is 5.97 Å². The Labute approximate surface area is 162 Å². The molecule has 144 valence electrons. The minimum Gasteiger partial charge on any atom is -0.469 e. The number of nitrogen functional groups attached to an aromatic ring is 1. The van der Waals surface area contributed by atoms with E-state index in [9.17, 15) is 4.79 Å². The third kappa shape index (κ3) is 1.15. The summed E-state index contributed by atoms with van der Waals surface area (Å²) in [7, 11) is 1.51. The molecule has 6 aliphatic carbocycles. The van der Waals surface area contributed by atoms with E-state index >= 15 is 0 Å². The third-order valence-electron chi connectivity index (χ3n) is 8.72. The number of nitrogens with zero attached hydrogens (tertiary/aromatic N) is 2. The van der Waals surface area contributed by atoms with E-state index in [0.29, 0.717) is 53.1 Å². The highest BCUT2D eigenvalue weighted by Gasteiger charge is 3.13. The molecule has 6 aliphatic rings. The van der Waals surface area contributed by atoms with Crippen LogP contribution in [0.1, 0.15) is 19.7 Å². The highest BCUT2D eigenvalue weighted by atomic mass is 16.5. The zero-order valence-electron chi connectivity index (χ0n) is 16.0. The number of anilines is 2. The Bertz CT molecular complexity index is 1020. The van der Waals surface area contributed by atoms with Gasteiger partial charge < -0.3 is 20.3 Å². The van der Waals surface area contributed by atoms with Crippen LogP contribution in [0, 0.1) is 40.9 Å². The molecule has 1 aromatic carbocycles. The average Bonchev–Trinajstić information content (AvgIpc) is 3.18. The van der Waals surface area contributed by atoms with E-state index in [1.54, 1.807) is 0 Å². The first-order valence-electron chi connectivity index (χ1n) is 10.1. The number of esters is 1. The fourth-order valence-corrected chi connectivity index (χ4v) is 8.20. The van der Waals surface area contributed by atoms with Gasteiger partial charge in [-0.3, -0.25) is 4.79 Å². The second kappa shape index (κ2) is 4.21. The van der Waals surface area contributed by atoms with Crippen molar-refractivity contribution in [2.45, 2.75) is 25.3 Å². The highest BCUT2D eigenvalue weighted by Crippen LogP contribution is 3.09. The Kier molecular flexibility index (Phi) is 2.31. The molecule has 7 heteroatoms. The number of rotatable bonds is 5. The lowest BCUT2D eigenvalue weighted by molar-refractivity contribution is -0.616. The van der Waals surface area contributed by atoms with E-state index in [4.69, 9.17) is 20.0 Å². The van der Waals surface area contributed by atoms with Gasteiger partial charge in [0.2, 0.25) is 11.7 Å². The zero-order chi connectivity index (χ0) is 19.2. The van der Waals surface area contributed by atoms with Gasteiger partial charge in [-0.25, -0.2) is 0 Å². The first-order valence-corrected chi connectivity index (χ1v) is 10.1. The van der Waals surface area contributed by atoms with Crippen LogP contribution in [0.25, 0.3) is 11.4 Å². The van der Waals surface area contributed by atoms with E-state index in [1.807, 2.05) is 18.2 Å². The van der Waals surface area contributed by atoms with Crippen molar-refractivity contribution >= 4 is 17.3 Å². The van der Waals surface area contributed by atoms with Crippen LogP contribution in [0.5, 0.6) is 0 Å². The van der Waals surface area contributed by atoms with Crippen molar-refractivity contribution < 1.29 is 14.1 Å². The summed E-state index contributed by atoms with van der Waals surface area (Å²) >= 11 is 0. The Morgan fingerprint density at radius 1 is 1.21 bits per heavy atom. The molecule has 1 aromatic heterocycles. The normalized spacial score (nSPS) is 44.4. The van der Waals surface area contributed by atoms with Crippen LogP contribution in [0.15, 0.2) is 22.7 Å². The Balaban J connectivity index is 1.17. The van der Waals surface area contributed by atoms with Crippen molar-refractivity contribution in [2.24, 2.45) is 40.9 Å². The molecule has 3 N–H and O–H groups in total. The Hall–Kier alpha value is -2.57. The number of hydrogen-bond acceptors (Lipinski definition) is 7. The molecular weight excluding hydrogens is 356 g/mol. The standard InChI is InChI=1S/C21H22N4O3/c1-7(2)23-10-5-4-8(6-9(10)22)17-24-18(28-25-17)20-11-14-12(20)16-13(20)15(11)21(14,16)19(26)27-3/h4-7,11-16,23H,22H2,1-3H3. The molecule has 0 saturated heterocycles. The second-order valence-corrected chi connectivity index (χ2v) is 9.54. The van der Waals surface area contributed by atoms with Crippen LogP contribution in [0.3, 0.4) is 0 Å². The average molecular weight is 378 g/mol. The predicted molar refractivity (Wildman–Crippen MR) is 100.0 cm³/mol. The van der Waals surface area contributed by atoms with Crippen molar-refractivity contribution in [2.75, 3.05) is 18.2 Å². The maximum absolute atomic E-state index is 12.3. The van der Waals surface area contributed by atoms with E-state index < -0.39 is 0 Å². The summed E-state index contributed by atoms with van der Waals surface area (Å²) < 4.78 is 10.8. The summed E-state index contributed by atoms with van der Waals surface area (Å²) in [6, 6.07) is 6.14. The van der Waals surface area contributed by atoms with Gasteiger partial charge in [-0.2, -0.15) is 4.98 Å². The molecule has 7 nitrogen and oxygen atoms in total. The molecule has 0 aliphatic heterocycles. The van der Waals surface area contributed by atoms with E-state index in [0.717, 1.165) is 17.1 Å². The number of ether oxygens (including phenoxy) is 1. The SMILES string of the molecule is COC(=O)C12C3C4C1C1C2C3C41c1nc(-c2ccc(NC(C)C)c(N)c2)no1. The van der Waals surface area contributed by atoms with E-state index in [-0.39, 0.29) is 16.8 Å². The molecule has 0 amide bonds. The molecule has 0 radical (unpaired) electrons. The summed E-state index contributed by atoms with van der Waals surface area (Å²) in [5.74, 6) is 4.49. The lowest BCUT2D eigenvalue weighted by Gasteiger charge is -3.09. The molecule has 0 unspecified atom stereocenters. The largest absolute Gasteiger partial charge is 0.469 e. The van der Waals surface area contributed by atoms with Gasteiger partial charge in [-0.05, 0) is 67.6 Å². The number of benzene rings is 1. The number of carbonyl (C=O) groups excluding carboxylic acids is 1. The van der Waals surface area contributed by atoms with Crippen LogP contribution < -0.4 is 11.1 Å². The van der Waals surface area contributed by atoms with E-state index in [2.05, 4.69) is 24.3 Å². The van der Waals surface area contributed by atoms with Gasteiger partial charge in [-0.15, -0.1) is 0 Å². The molecular formula is C21H22N4O3. The minimum atomic E-state index is -0.132. The number of hydrogen-bond donors (Lipinski definition) is 2. The number of methoxy groups -OCH3 is 1. The molecule has 0 atom stereocenters. The zero-order valence-corrected chi connectivity index (χ0v) is 16.0. The fraction of sp³-hybridized carbons (Fsp3) is 0.571. The molecule has 6 fully saturated rings.